The standard InChI is InChI=1S/C11H22N2O2.ClH/c1-9(14)6-8-13(2)11(15)10-5-3-4-7-12-10;/h9-10,12,14H,3-8H2,1-2H3;1H. The number of amides is 1. The van der Waals surface area contributed by atoms with Crippen LogP contribution in [0.5, 0.6) is 0 Å². The minimum atomic E-state index is -0.334. The first-order valence-electron chi connectivity index (χ1n) is 5.77. The van der Waals surface area contributed by atoms with Crippen LogP contribution in [0.4, 0.5) is 0 Å². The van der Waals surface area contributed by atoms with E-state index in [0.717, 1.165) is 19.4 Å². The van der Waals surface area contributed by atoms with Crippen molar-refractivity contribution in [2.24, 2.45) is 0 Å². The lowest BCUT2D eigenvalue weighted by Crippen LogP contribution is -2.47. The van der Waals surface area contributed by atoms with Crippen LogP contribution in [0.3, 0.4) is 0 Å². The summed E-state index contributed by atoms with van der Waals surface area (Å²) in [6.07, 6.45) is 3.56. The summed E-state index contributed by atoms with van der Waals surface area (Å²) in [6.45, 7) is 3.33. The van der Waals surface area contributed by atoms with E-state index < -0.39 is 0 Å². The Morgan fingerprint density at radius 1 is 1.56 bits per heavy atom. The normalized spacial score (nSPS) is 22.1. The third kappa shape index (κ3) is 5.14. The molecule has 4 nitrogen and oxygen atoms in total. The van der Waals surface area contributed by atoms with Gasteiger partial charge in [-0.1, -0.05) is 6.42 Å². The van der Waals surface area contributed by atoms with Crippen molar-refractivity contribution in [3.8, 4) is 0 Å². The summed E-state index contributed by atoms with van der Waals surface area (Å²) in [5, 5.41) is 12.4. The number of halogens is 1. The van der Waals surface area contributed by atoms with Gasteiger partial charge in [-0.15, -0.1) is 12.4 Å². The van der Waals surface area contributed by atoms with E-state index in [0.29, 0.717) is 13.0 Å². The number of nitrogens with zero attached hydrogens (tertiary/aromatic N) is 1. The molecule has 16 heavy (non-hydrogen) atoms. The van der Waals surface area contributed by atoms with Gasteiger partial charge in [-0.2, -0.15) is 0 Å². The lowest BCUT2D eigenvalue weighted by Gasteiger charge is -2.27. The maximum absolute atomic E-state index is 11.9. The molecule has 1 saturated heterocycles. The average Bonchev–Trinajstić information content (AvgIpc) is 2.26. The Bertz CT molecular complexity index is 206. The molecule has 1 rings (SSSR count). The van der Waals surface area contributed by atoms with E-state index in [-0.39, 0.29) is 30.5 Å². The molecular weight excluding hydrogens is 228 g/mol. The van der Waals surface area contributed by atoms with Gasteiger partial charge in [-0.25, -0.2) is 0 Å². The Morgan fingerprint density at radius 3 is 2.75 bits per heavy atom. The lowest BCUT2D eigenvalue weighted by atomic mass is 10.0. The van der Waals surface area contributed by atoms with E-state index in [2.05, 4.69) is 5.32 Å². The number of rotatable bonds is 4. The van der Waals surface area contributed by atoms with Gasteiger partial charge in [-0.3, -0.25) is 4.79 Å². The van der Waals surface area contributed by atoms with Crippen molar-refractivity contribution in [1.29, 1.82) is 0 Å². The van der Waals surface area contributed by atoms with Crippen LogP contribution in [-0.2, 0) is 4.79 Å². The molecule has 0 radical (unpaired) electrons. The number of nitrogens with one attached hydrogen (secondary N) is 1. The highest BCUT2D eigenvalue weighted by Crippen LogP contribution is 2.09. The molecule has 0 aliphatic carbocycles. The molecule has 0 spiro atoms. The molecule has 2 N–H and O–H groups in total. The fraction of sp³-hybridized carbons (Fsp3) is 0.909. The van der Waals surface area contributed by atoms with E-state index >= 15 is 0 Å². The van der Waals surface area contributed by atoms with Crippen molar-refractivity contribution in [3.63, 3.8) is 0 Å². The molecular formula is C11H23ClN2O2. The highest BCUT2D eigenvalue weighted by atomic mass is 35.5. The number of aliphatic hydroxyl groups is 1. The second-order valence-electron chi connectivity index (χ2n) is 4.40. The second-order valence-corrected chi connectivity index (χ2v) is 4.40. The summed E-state index contributed by atoms with van der Waals surface area (Å²) in [4.78, 5) is 13.6. The summed E-state index contributed by atoms with van der Waals surface area (Å²) < 4.78 is 0. The van der Waals surface area contributed by atoms with Crippen LogP contribution in [0.1, 0.15) is 32.6 Å². The van der Waals surface area contributed by atoms with Gasteiger partial charge in [0.1, 0.15) is 0 Å². The maximum Gasteiger partial charge on any atom is 0.239 e. The second kappa shape index (κ2) is 7.87. The fourth-order valence-corrected chi connectivity index (χ4v) is 1.82. The fourth-order valence-electron chi connectivity index (χ4n) is 1.82. The number of hydrogen-bond donors (Lipinski definition) is 2. The van der Waals surface area contributed by atoms with Gasteiger partial charge in [0.2, 0.25) is 5.91 Å². The molecule has 0 aromatic heterocycles. The first kappa shape index (κ1) is 15.7. The van der Waals surface area contributed by atoms with Gasteiger partial charge in [0.25, 0.3) is 0 Å². The van der Waals surface area contributed by atoms with Crippen molar-refractivity contribution in [1.82, 2.24) is 10.2 Å². The Morgan fingerprint density at radius 2 is 2.25 bits per heavy atom. The predicted molar refractivity (Wildman–Crippen MR) is 66.8 cm³/mol. The van der Waals surface area contributed by atoms with E-state index in [1.54, 1.807) is 18.9 Å². The third-order valence-corrected chi connectivity index (χ3v) is 2.87. The molecule has 0 saturated carbocycles. The number of hydrogen-bond acceptors (Lipinski definition) is 3. The molecule has 2 unspecified atom stereocenters. The third-order valence-electron chi connectivity index (χ3n) is 2.87. The predicted octanol–water partition coefficient (Wildman–Crippen LogP) is 0.780. The van der Waals surface area contributed by atoms with Crippen molar-refractivity contribution < 1.29 is 9.90 Å². The Balaban J connectivity index is 0.00000225. The van der Waals surface area contributed by atoms with Crippen molar-refractivity contribution in [2.75, 3.05) is 20.1 Å². The van der Waals surface area contributed by atoms with Crippen LogP contribution in [-0.4, -0.2) is 48.2 Å². The maximum atomic E-state index is 11.9. The van der Waals surface area contributed by atoms with Crippen molar-refractivity contribution in [3.05, 3.63) is 0 Å². The molecule has 0 bridgehead atoms. The highest BCUT2D eigenvalue weighted by Gasteiger charge is 2.23. The van der Waals surface area contributed by atoms with Gasteiger partial charge in [0, 0.05) is 13.6 Å². The Labute approximate surface area is 104 Å². The molecule has 1 aliphatic heterocycles. The summed E-state index contributed by atoms with van der Waals surface area (Å²) in [5.74, 6) is 0.162. The smallest absolute Gasteiger partial charge is 0.239 e. The van der Waals surface area contributed by atoms with Gasteiger partial charge in [0.15, 0.2) is 0 Å². The average molecular weight is 251 g/mol. The van der Waals surface area contributed by atoms with Crippen LogP contribution in [0.15, 0.2) is 0 Å². The number of piperidine rings is 1. The molecule has 0 aromatic rings. The van der Waals surface area contributed by atoms with Crippen LogP contribution in [0, 0.1) is 0 Å². The molecule has 2 atom stereocenters. The Kier molecular flexibility index (Phi) is 7.72. The van der Waals surface area contributed by atoms with E-state index in [1.165, 1.54) is 6.42 Å². The SMILES string of the molecule is CC(O)CCN(C)C(=O)C1CCCCN1.Cl. The molecule has 1 aliphatic rings. The van der Waals surface area contributed by atoms with Gasteiger partial charge in [-0.05, 0) is 32.7 Å². The minimum absolute atomic E-state index is 0. The molecule has 1 amide bonds. The van der Waals surface area contributed by atoms with Crippen LogP contribution >= 0.6 is 12.4 Å². The number of carbonyl (C=O) groups is 1. The van der Waals surface area contributed by atoms with Crippen LogP contribution in [0.2, 0.25) is 0 Å². The topological polar surface area (TPSA) is 52.6 Å². The summed E-state index contributed by atoms with van der Waals surface area (Å²) in [5.41, 5.74) is 0. The van der Waals surface area contributed by atoms with Crippen LogP contribution < -0.4 is 5.32 Å². The number of likely N-dealkylation sites (N-methyl/N-ethyl adjacent to an activating group) is 1. The van der Waals surface area contributed by atoms with E-state index in [9.17, 15) is 4.79 Å². The van der Waals surface area contributed by atoms with Crippen molar-refractivity contribution >= 4 is 18.3 Å². The zero-order valence-corrected chi connectivity index (χ0v) is 10.9. The van der Waals surface area contributed by atoms with E-state index in [1.807, 2.05) is 0 Å². The molecule has 96 valence electrons. The van der Waals surface area contributed by atoms with Gasteiger partial charge in [0.05, 0.1) is 12.1 Å². The first-order valence-corrected chi connectivity index (χ1v) is 5.77. The zero-order chi connectivity index (χ0) is 11.3. The molecule has 5 heteroatoms. The summed E-state index contributed by atoms with van der Waals surface area (Å²) in [6, 6.07) is -0.00208. The quantitative estimate of drug-likeness (QED) is 0.775. The Hall–Kier alpha value is -0.320. The molecule has 0 aromatic carbocycles. The minimum Gasteiger partial charge on any atom is -0.393 e. The monoisotopic (exact) mass is 250 g/mol. The number of aliphatic hydroxyl groups excluding tert-OH is 1. The lowest BCUT2D eigenvalue weighted by molar-refractivity contribution is -0.132. The van der Waals surface area contributed by atoms with Gasteiger partial charge >= 0.3 is 0 Å². The number of carbonyl (C=O) groups excluding carboxylic acids is 1. The van der Waals surface area contributed by atoms with E-state index in [4.69, 9.17) is 5.11 Å². The first-order chi connectivity index (χ1) is 7.11. The highest BCUT2D eigenvalue weighted by molar-refractivity contribution is 5.85. The largest absolute Gasteiger partial charge is 0.393 e. The summed E-state index contributed by atoms with van der Waals surface area (Å²) in [7, 11) is 1.81. The molecule has 1 fully saturated rings. The summed E-state index contributed by atoms with van der Waals surface area (Å²) >= 11 is 0. The van der Waals surface area contributed by atoms with Crippen molar-refractivity contribution in [2.45, 2.75) is 44.8 Å². The zero-order valence-electron chi connectivity index (χ0n) is 10.1. The van der Waals surface area contributed by atoms with Crippen LogP contribution in [0.25, 0.3) is 0 Å². The van der Waals surface area contributed by atoms with Gasteiger partial charge < -0.3 is 15.3 Å². The molecule has 1 heterocycles.